The van der Waals surface area contributed by atoms with Gasteiger partial charge in [0, 0.05) is 51.3 Å². The summed E-state index contributed by atoms with van der Waals surface area (Å²) in [5, 5.41) is 3.15. The Kier molecular flexibility index (Phi) is 4.94. The van der Waals surface area contributed by atoms with Gasteiger partial charge in [0.1, 0.15) is 5.82 Å². The molecule has 0 aliphatic carbocycles. The van der Waals surface area contributed by atoms with Gasteiger partial charge in [-0.15, -0.1) is 0 Å². The summed E-state index contributed by atoms with van der Waals surface area (Å²) in [5.41, 5.74) is 0. The number of hydrogen-bond donors (Lipinski definition) is 2. The van der Waals surface area contributed by atoms with E-state index in [9.17, 15) is 4.79 Å². The highest BCUT2D eigenvalue weighted by Gasteiger charge is 2.32. The first-order valence-corrected chi connectivity index (χ1v) is 8.14. The molecule has 1 aromatic rings. The van der Waals surface area contributed by atoms with Gasteiger partial charge in [0.2, 0.25) is 0 Å². The van der Waals surface area contributed by atoms with Crippen LogP contribution in [0.25, 0.3) is 0 Å². The maximum absolute atomic E-state index is 12.5. The van der Waals surface area contributed by atoms with Crippen LogP contribution in [0.2, 0.25) is 0 Å². The topological polar surface area (TPSA) is 73.5 Å². The van der Waals surface area contributed by atoms with Crippen LogP contribution >= 0.6 is 0 Å². The van der Waals surface area contributed by atoms with E-state index in [1.165, 1.54) is 0 Å². The fourth-order valence-electron chi connectivity index (χ4n) is 3.21. The van der Waals surface area contributed by atoms with Crippen LogP contribution in [0.15, 0.2) is 12.4 Å². The maximum Gasteiger partial charge on any atom is 0.317 e. The van der Waals surface area contributed by atoms with Crippen molar-refractivity contribution in [2.45, 2.75) is 31.8 Å². The van der Waals surface area contributed by atoms with Gasteiger partial charge < -0.3 is 19.9 Å². The van der Waals surface area contributed by atoms with Gasteiger partial charge in [-0.25, -0.2) is 9.78 Å². The fourth-order valence-corrected chi connectivity index (χ4v) is 3.21. The van der Waals surface area contributed by atoms with Crippen molar-refractivity contribution in [2.75, 3.05) is 39.4 Å². The van der Waals surface area contributed by atoms with Crippen LogP contribution in [0.3, 0.4) is 0 Å². The van der Waals surface area contributed by atoms with Crippen LogP contribution in [0.5, 0.6) is 0 Å². The minimum Gasteiger partial charge on any atom is -0.381 e. The first-order valence-electron chi connectivity index (χ1n) is 8.14. The van der Waals surface area contributed by atoms with Crippen molar-refractivity contribution >= 4 is 6.03 Å². The smallest absolute Gasteiger partial charge is 0.317 e. The second-order valence-electron chi connectivity index (χ2n) is 5.90. The van der Waals surface area contributed by atoms with E-state index in [4.69, 9.17) is 4.74 Å². The van der Waals surface area contributed by atoms with Crippen LogP contribution in [0.1, 0.15) is 31.6 Å². The number of nitrogens with zero attached hydrogens (tertiary/aromatic N) is 3. The minimum atomic E-state index is 0.0409. The zero-order chi connectivity index (χ0) is 15.4. The average molecular weight is 307 g/mol. The minimum absolute atomic E-state index is 0.0409. The number of rotatable bonds is 3. The summed E-state index contributed by atoms with van der Waals surface area (Å²) in [6.07, 6.45) is 5.42. The third-order valence-corrected chi connectivity index (χ3v) is 4.57. The van der Waals surface area contributed by atoms with Crippen LogP contribution in [-0.4, -0.2) is 71.2 Å². The summed E-state index contributed by atoms with van der Waals surface area (Å²) in [4.78, 5) is 24.3. The average Bonchev–Trinajstić information content (AvgIpc) is 3.09. The number of aromatic amines is 1. The Bertz CT molecular complexity index is 472. The normalized spacial score (nSPS) is 24.4. The van der Waals surface area contributed by atoms with Crippen molar-refractivity contribution in [3.63, 3.8) is 0 Å². The van der Waals surface area contributed by atoms with E-state index >= 15 is 0 Å². The van der Waals surface area contributed by atoms with Crippen molar-refractivity contribution < 1.29 is 9.53 Å². The molecule has 1 unspecified atom stereocenters. The number of likely N-dealkylation sites (N-methyl/N-ethyl adjacent to an activating group) is 1. The van der Waals surface area contributed by atoms with Crippen LogP contribution in [0, 0.1) is 0 Å². The molecule has 2 N–H and O–H groups in total. The van der Waals surface area contributed by atoms with E-state index in [1.807, 2.05) is 11.1 Å². The molecule has 1 atom stereocenters. The zero-order valence-corrected chi connectivity index (χ0v) is 13.1. The molecule has 3 rings (SSSR count). The molecule has 7 nitrogen and oxygen atoms in total. The lowest BCUT2D eigenvalue weighted by molar-refractivity contribution is 0.0691. The van der Waals surface area contributed by atoms with Crippen LogP contribution < -0.4 is 5.32 Å². The van der Waals surface area contributed by atoms with E-state index in [-0.39, 0.29) is 18.1 Å². The summed E-state index contributed by atoms with van der Waals surface area (Å²) < 4.78 is 5.34. The summed E-state index contributed by atoms with van der Waals surface area (Å²) in [6, 6.07) is 0.431. The third-order valence-electron chi connectivity index (χ3n) is 4.57. The quantitative estimate of drug-likeness (QED) is 0.873. The monoisotopic (exact) mass is 307 g/mol. The van der Waals surface area contributed by atoms with Crippen LogP contribution in [0.4, 0.5) is 4.79 Å². The number of amides is 2. The van der Waals surface area contributed by atoms with Crippen molar-refractivity contribution in [1.82, 2.24) is 25.1 Å². The van der Waals surface area contributed by atoms with Crippen molar-refractivity contribution in [3.05, 3.63) is 18.2 Å². The molecular formula is C15H25N5O2. The highest BCUT2D eigenvalue weighted by Crippen LogP contribution is 2.22. The lowest BCUT2D eigenvalue weighted by atomic mass is 10.1. The van der Waals surface area contributed by atoms with Crippen molar-refractivity contribution in [3.8, 4) is 0 Å². The summed E-state index contributed by atoms with van der Waals surface area (Å²) in [6.45, 7) is 6.90. The molecule has 0 saturated carbocycles. The molecule has 0 aromatic carbocycles. The van der Waals surface area contributed by atoms with Gasteiger partial charge in [0.15, 0.2) is 0 Å². The number of H-pyrrole nitrogens is 1. The summed E-state index contributed by atoms with van der Waals surface area (Å²) >= 11 is 0. The predicted octanol–water partition coefficient (Wildman–Crippen LogP) is 0.977. The lowest BCUT2D eigenvalue weighted by Gasteiger charge is -2.40. The Hall–Kier alpha value is -1.60. The molecule has 7 heteroatoms. The maximum atomic E-state index is 12.5. The molecule has 2 aliphatic rings. The molecule has 2 fully saturated rings. The van der Waals surface area contributed by atoms with Crippen molar-refractivity contribution in [2.24, 2.45) is 0 Å². The van der Waals surface area contributed by atoms with E-state index in [2.05, 4.69) is 27.1 Å². The molecule has 2 aliphatic heterocycles. The van der Waals surface area contributed by atoms with E-state index in [0.717, 1.165) is 51.5 Å². The van der Waals surface area contributed by atoms with Gasteiger partial charge in [-0.3, -0.25) is 4.90 Å². The Balaban J connectivity index is 1.61. The van der Waals surface area contributed by atoms with Gasteiger partial charge >= 0.3 is 6.03 Å². The number of piperazine rings is 1. The van der Waals surface area contributed by atoms with Crippen molar-refractivity contribution in [1.29, 1.82) is 0 Å². The largest absolute Gasteiger partial charge is 0.381 e. The van der Waals surface area contributed by atoms with E-state index in [0.29, 0.717) is 6.54 Å². The number of urea groups is 1. The number of aromatic nitrogens is 2. The first kappa shape index (κ1) is 15.3. The zero-order valence-electron chi connectivity index (χ0n) is 13.1. The molecule has 3 heterocycles. The Morgan fingerprint density at radius 2 is 2.27 bits per heavy atom. The molecule has 2 saturated heterocycles. The molecule has 2 amide bonds. The number of carbonyl (C=O) groups is 1. The number of carbonyl (C=O) groups excluding carboxylic acids is 1. The lowest BCUT2D eigenvalue weighted by Crippen LogP contribution is -2.55. The second kappa shape index (κ2) is 7.11. The molecule has 0 radical (unpaired) electrons. The van der Waals surface area contributed by atoms with Crippen LogP contribution in [-0.2, 0) is 4.74 Å². The van der Waals surface area contributed by atoms with Gasteiger partial charge in [0.25, 0.3) is 0 Å². The number of nitrogens with one attached hydrogen (secondary N) is 2. The predicted molar refractivity (Wildman–Crippen MR) is 82.5 cm³/mol. The number of ether oxygens (including phenoxy) is 1. The third kappa shape index (κ3) is 3.41. The number of imidazole rings is 1. The second-order valence-corrected chi connectivity index (χ2v) is 5.90. The molecule has 1 aromatic heterocycles. The summed E-state index contributed by atoms with van der Waals surface area (Å²) in [5.74, 6) is 0.936. The molecular weight excluding hydrogens is 282 g/mol. The van der Waals surface area contributed by atoms with Gasteiger partial charge in [-0.05, 0) is 19.4 Å². The van der Waals surface area contributed by atoms with Gasteiger partial charge in [0.05, 0.1) is 6.04 Å². The Labute approximate surface area is 131 Å². The molecule has 122 valence electrons. The van der Waals surface area contributed by atoms with E-state index in [1.54, 1.807) is 6.20 Å². The highest BCUT2D eigenvalue weighted by atomic mass is 16.5. The molecule has 0 spiro atoms. The molecule has 0 bridgehead atoms. The first-order chi connectivity index (χ1) is 10.8. The highest BCUT2D eigenvalue weighted by molar-refractivity contribution is 5.74. The summed E-state index contributed by atoms with van der Waals surface area (Å²) in [7, 11) is 0. The van der Waals surface area contributed by atoms with Gasteiger partial charge in [-0.1, -0.05) is 6.92 Å². The fraction of sp³-hybridized carbons (Fsp3) is 0.733. The molecule has 22 heavy (non-hydrogen) atoms. The Morgan fingerprint density at radius 3 is 2.95 bits per heavy atom. The Morgan fingerprint density at radius 1 is 1.45 bits per heavy atom. The SMILES string of the molecule is CCN1CCN(C(=O)NC2CCOCC2)CC1c1ncc[nH]1. The number of hydrogen-bond acceptors (Lipinski definition) is 4. The van der Waals surface area contributed by atoms with Gasteiger partial charge in [-0.2, -0.15) is 0 Å². The van der Waals surface area contributed by atoms with E-state index < -0.39 is 0 Å². The standard InChI is InChI=1S/C15H25N5O2/c1-2-19-7-8-20(11-13(19)14-16-5-6-17-14)15(21)18-12-3-9-22-10-4-12/h5-6,12-13H,2-4,7-11H2,1H3,(H,16,17)(H,18,21).